The van der Waals surface area contributed by atoms with Crippen LogP contribution in [0.3, 0.4) is 0 Å². The van der Waals surface area contributed by atoms with Gasteiger partial charge in [0.15, 0.2) is 0 Å². The first-order chi connectivity index (χ1) is 9.77. The zero-order valence-electron chi connectivity index (χ0n) is 13.5. The van der Waals surface area contributed by atoms with Crippen LogP contribution in [0.25, 0.3) is 0 Å². The van der Waals surface area contributed by atoms with Gasteiger partial charge in [0.2, 0.25) is 5.91 Å². The van der Waals surface area contributed by atoms with Crippen LogP contribution in [-0.2, 0) is 4.79 Å². The summed E-state index contributed by atoms with van der Waals surface area (Å²) in [6, 6.07) is -0.762. The van der Waals surface area contributed by atoms with Gasteiger partial charge in [0.05, 0.1) is 5.44 Å². The van der Waals surface area contributed by atoms with Gasteiger partial charge in [0.1, 0.15) is 6.04 Å². The molecule has 1 fully saturated rings. The Morgan fingerprint density at radius 2 is 2.00 bits per heavy atom. The molecule has 120 valence electrons. The number of likely N-dealkylation sites (tertiary alicyclic amines) is 1. The number of nitrogens with zero attached hydrogens (tertiary/aromatic N) is 1. The minimum Gasteiger partial charge on any atom is -0.426 e. The van der Waals surface area contributed by atoms with E-state index in [0.717, 1.165) is 31.3 Å². The largest absolute Gasteiger partial charge is 0.478 e. The highest BCUT2D eigenvalue weighted by atomic mass is 16.4. The second kappa shape index (κ2) is 7.43. The third-order valence-electron chi connectivity index (χ3n) is 4.91. The maximum Gasteiger partial charge on any atom is 0.478 e. The van der Waals surface area contributed by atoms with Gasteiger partial charge in [-0.05, 0) is 32.1 Å². The lowest BCUT2D eigenvalue weighted by Crippen LogP contribution is -2.59. The molecule has 5 nitrogen and oxygen atoms in total. The van der Waals surface area contributed by atoms with E-state index in [-0.39, 0.29) is 5.91 Å². The van der Waals surface area contributed by atoms with E-state index in [1.54, 1.807) is 6.92 Å². The van der Waals surface area contributed by atoms with E-state index < -0.39 is 18.6 Å². The number of hydrogen-bond acceptors (Lipinski definition) is 4. The summed E-state index contributed by atoms with van der Waals surface area (Å²) in [6.45, 7) is 10.4. The summed E-state index contributed by atoms with van der Waals surface area (Å²) < 4.78 is 0. The van der Waals surface area contributed by atoms with E-state index in [9.17, 15) is 14.8 Å². The Hall–Kier alpha value is -0.845. The van der Waals surface area contributed by atoms with E-state index in [1.807, 2.05) is 0 Å². The summed E-state index contributed by atoms with van der Waals surface area (Å²) in [5, 5.41) is 19.1. The van der Waals surface area contributed by atoms with Crippen LogP contribution in [0.4, 0.5) is 0 Å². The molecule has 1 rings (SSSR count). The molecule has 1 saturated heterocycles. The monoisotopic (exact) mass is 296 g/mol. The molecule has 1 unspecified atom stereocenters. The molecule has 0 bridgehead atoms. The molecule has 0 saturated carbocycles. The normalized spacial score (nSPS) is 23.5. The number of rotatable bonds is 7. The molecule has 4 N–H and O–H groups in total. The molecule has 6 heteroatoms. The lowest BCUT2D eigenvalue weighted by Gasteiger charge is -2.36. The Morgan fingerprint density at radius 1 is 1.43 bits per heavy atom. The third kappa shape index (κ3) is 3.87. The average molecular weight is 296 g/mol. The maximum absolute atomic E-state index is 12.6. The van der Waals surface area contributed by atoms with Crippen molar-refractivity contribution in [2.75, 3.05) is 6.54 Å². The topological polar surface area (TPSA) is 86.8 Å². The van der Waals surface area contributed by atoms with Crippen molar-refractivity contribution >= 4 is 13.0 Å². The second-order valence-corrected chi connectivity index (χ2v) is 6.35. The quantitative estimate of drug-likeness (QED) is 0.485. The minimum atomic E-state index is -1.55. The van der Waals surface area contributed by atoms with Crippen LogP contribution in [0.15, 0.2) is 12.2 Å². The Kier molecular flexibility index (Phi) is 6.44. The Morgan fingerprint density at radius 3 is 2.48 bits per heavy atom. The van der Waals surface area contributed by atoms with Crippen LogP contribution in [0, 0.1) is 5.92 Å². The Labute approximate surface area is 128 Å². The molecule has 0 aromatic carbocycles. The van der Waals surface area contributed by atoms with Crippen molar-refractivity contribution < 1.29 is 14.8 Å². The Balaban J connectivity index is 2.76. The molecule has 1 amide bonds. The fourth-order valence-electron chi connectivity index (χ4n) is 3.03. The minimum absolute atomic E-state index is 0.251. The second-order valence-electron chi connectivity index (χ2n) is 6.35. The highest BCUT2D eigenvalue weighted by molar-refractivity contribution is 6.46. The van der Waals surface area contributed by atoms with Crippen molar-refractivity contribution in [3.05, 3.63) is 12.2 Å². The van der Waals surface area contributed by atoms with Crippen molar-refractivity contribution in [2.45, 2.75) is 64.4 Å². The van der Waals surface area contributed by atoms with Gasteiger partial charge in [0.25, 0.3) is 0 Å². The van der Waals surface area contributed by atoms with Crippen molar-refractivity contribution in [3.8, 4) is 0 Å². The van der Waals surface area contributed by atoms with Gasteiger partial charge in [-0.2, -0.15) is 0 Å². The van der Waals surface area contributed by atoms with Crippen LogP contribution in [0.2, 0.25) is 0 Å². The summed E-state index contributed by atoms with van der Waals surface area (Å²) in [7, 11) is -1.55. The van der Waals surface area contributed by atoms with Gasteiger partial charge in [-0.25, -0.2) is 0 Å². The lowest BCUT2D eigenvalue weighted by atomic mass is 9.64. The first-order valence-corrected chi connectivity index (χ1v) is 7.88. The summed E-state index contributed by atoms with van der Waals surface area (Å²) in [6.07, 6.45) is 4.14. The van der Waals surface area contributed by atoms with Gasteiger partial charge in [-0.15, -0.1) is 0 Å². The van der Waals surface area contributed by atoms with Crippen LogP contribution in [0.5, 0.6) is 0 Å². The summed E-state index contributed by atoms with van der Waals surface area (Å²) in [5.74, 6) is 0.240. The molecular formula is C15H29BN2O3. The predicted octanol–water partition coefficient (Wildman–Crippen LogP) is 1.09. The molecule has 0 aromatic heterocycles. The van der Waals surface area contributed by atoms with Gasteiger partial charge >= 0.3 is 7.12 Å². The number of carbonyl (C=O) groups excluding carboxylic acids is 1. The highest BCUT2D eigenvalue weighted by Gasteiger charge is 2.49. The van der Waals surface area contributed by atoms with Crippen LogP contribution < -0.4 is 5.73 Å². The standard InChI is InChI=1S/C15H29BN2O3/c1-5-12(6-2)10-11(3)13(17)14(19)18-9-7-8-15(18,4)16(20)21/h12-13,20-21H,3,5-10,17H2,1-2,4H3/t13-,15?/m0/s1. The number of carbonyl (C=O) groups is 1. The third-order valence-corrected chi connectivity index (χ3v) is 4.91. The molecule has 0 spiro atoms. The van der Waals surface area contributed by atoms with Crippen molar-refractivity contribution in [1.82, 2.24) is 4.90 Å². The van der Waals surface area contributed by atoms with Crippen molar-refractivity contribution in [3.63, 3.8) is 0 Å². The number of hydrogen-bond donors (Lipinski definition) is 3. The zero-order chi connectivity index (χ0) is 16.2. The molecule has 1 heterocycles. The molecule has 1 aliphatic heterocycles. The highest BCUT2D eigenvalue weighted by Crippen LogP contribution is 2.31. The molecule has 2 atom stereocenters. The van der Waals surface area contributed by atoms with E-state index in [2.05, 4.69) is 20.4 Å². The number of nitrogens with two attached hydrogens (primary N) is 1. The number of amides is 1. The average Bonchev–Trinajstić information content (AvgIpc) is 2.86. The van der Waals surface area contributed by atoms with E-state index in [1.165, 1.54) is 4.90 Å². The SMILES string of the molecule is C=C(CC(CC)CC)[C@H](N)C(=O)N1CCCC1(C)B(O)O. The summed E-state index contributed by atoms with van der Waals surface area (Å²) in [4.78, 5) is 14.1. The lowest BCUT2D eigenvalue weighted by molar-refractivity contribution is -0.134. The fraction of sp³-hybridized carbons (Fsp3) is 0.800. The molecule has 0 aromatic rings. The molecule has 0 aliphatic carbocycles. The first-order valence-electron chi connectivity index (χ1n) is 7.88. The first kappa shape index (κ1) is 18.2. The Bertz CT molecular complexity index is 385. The van der Waals surface area contributed by atoms with Crippen LogP contribution in [-0.4, -0.2) is 46.0 Å². The fourth-order valence-corrected chi connectivity index (χ4v) is 3.03. The predicted molar refractivity (Wildman–Crippen MR) is 85.3 cm³/mol. The van der Waals surface area contributed by atoms with E-state index in [4.69, 9.17) is 5.73 Å². The molecule has 21 heavy (non-hydrogen) atoms. The van der Waals surface area contributed by atoms with Crippen LogP contribution in [0.1, 0.15) is 52.9 Å². The zero-order valence-corrected chi connectivity index (χ0v) is 13.5. The molecular weight excluding hydrogens is 267 g/mol. The smallest absolute Gasteiger partial charge is 0.426 e. The van der Waals surface area contributed by atoms with Gasteiger partial charge in [-0.3, -0.25) is 4.79 Å². The molecule has 0 radical (unpaired) electrons. The molecule has 1 aliphatic rings. The van der Waals surface area contributed by atoms with Gasteiger partial charge in [0, 0.05) is 6.54 Å². The van der Waals surface area contributed by atoms with Crippen molar-refractivity contribution in [1.29, 1.82) is 0 Å². The van der Waals surface area contributed by atoms with Crippen molar-refractivity contribution in [2.24, 2.45) is 11.7 Å². The van der Waals surface area contributed by atoms with Crippen LogP contribution >= 0.6 is 0 Å². The maximum atomic E-state index is 12.6. The van der Waals surface area contributed by atoms with Gasteiger partial charge < -0.3 is 20.7 Å². The summed E-state index contributed by atoms with van der Waals surface area (Å²) in [5.41, 5.74) is 5.86. The van der Waals surface area contributed by atoms with Gasteiger partial charge in [-0.1, -0.05) is 38.8 Å². The van der Waals surface area contributed by atoms with E-state index in [0.29, 0.717) is 18.9 Å². The summed E-state index contributed by atoms with van der Waals surface area (Å²) >= 11 is 0. The van der Waals surface area contributed by atoms with E-state index >= 15 is 0 Å².